The molecule has 1 aliphatic carbocycles. The van der Waals surface area contributed by atoms with Crippen molar-refractivity contribution < 1.29 is 9.13 Å². The third-order valence-corrected chi connectivity index (χ3v) is 4.08. The van der Waals surface area contributed by atoms with Gasteiger partial charge in [0.05, 0.1) is 11.6 Å². The number of hydrogen-bond acceptors (Lipinski definition) is 3. The summed E-state index contributed by atoms with van der Waals surface area (Å²) in [4.78, 5) is 0. The molecule has 1 saturated carbocycles. The molecule has 1 fully saturated rings. The Balaban J connectivity index is 2.36. The Morgan fingerprint density at radius 1 is 1.47 bits per heavy atom. The second-order valence-electron chi connectivity index (χ2n) is 4.97. The molecule has 1 aromatic carbocycles. The van der Waals surface area contributed by atoms with Crippen LogP contribution in [0.3, 0.4) is 0 Å². The fourth-order valence-electron chi connectivity index (χ4n) is 3.04. The Morgan fingerprint density at radius 3 is 2.68 bits per heavy atom. The molecular formula is C14H20ClFN2O. The van der Waals surface area contributed by atoms with E-state index in [4.69, 9.17) is 22.2 Å². The molecule has 0 aromatic heterocycles. The molecule has 0 amide bonds. The lowest BCUT2D eigenvalue weighted by Gasteiger charge is -2.37. The van der Waals surface area contributed by atoms with E-state index < -0.39 is 5.60 Å². The fourth-order valence-corrected chi connectivity index (χ4v) is 3.20. The third kappa shape index (κ3) is 2.92. The van der Waals surface area contributed by atoms with Crippen molar-refractivity contribution in [2.24, 2.45) is 5.84 Å². The van der Waals surface area contributed by atoms with Crippen LogP contribution >= 0.6 is 11.6 Å². The molecule has 3 nitrogen and oxygen atoms in total. The van der Waals surface area contributed by atoms with Crippen LogP contribution in [0.5, 0.6) is 0 Å². The van der Waals surface area contributed by atoms with Gasteiger partial charge >= 0.3 is 0 Å². The molecular weight excluding hydrogens is 267 g/mol. The van der Waals surface area contributed by atoms with E-state index in [1.165, 1.54) is 6.07 Å². The standard InChI is InChI=1S/C14H20ClFN2O/c1-2-19-14(7-3-4-8-14)13(18-17)11-6-5-10(15)9-12(11)16/h5-6,9,13,18H,2-4,7-8,17H2,1H3. The number of hydrogen-bond donors (Lipinski definition) is 2. The Bertz CT molecular complexity index is 435. The lowest BCUT2D eigenvalue weighted by Crippen LogP contribution is -2.47. The van der Waals surface area contributed by atoms with Gasteiger partial charge in [-0.3, -0.25) is 5.84 Å². The molecule has 19 heavy (non-hydrogen) atoms. The fraction of sp³-hybridized carbons (Fsp3) is 0.571. The molecule has 0 heterocycles. The summed E-state index contributed by atoms with van der Waals surface area (Å²) < 4.78 is 20.1. The van der Waals surface area contributed by atoms with Crippen molar-refractivity contribution in [2.75, 3.05) is 6.61 Å². The maximum absolute atomic E-state index is 14.1. The Kier molecular flexibility index (Phi) is 4.79. The first kappa shape index (κ1) is 14.7. The first-order valence-electron chi connectivity index (χ1n) is 6.68. The van der Waals surface area contributed by atoms with Gasteiger partial charge in [-0.05, 0) is 31.9 Å². The van der Waals surface area contributed by atoms with Crippen LogP contribution in [0.2, 0.25) is 5.02 Å². The molecule has 3 N–H and O–H groups in total. The number of nitrogens with one attached hydrogen (secondary N) is 1. The average Bonchev–Trinajstić information content (AvgIpc) is 2.83. The van der Waals surface area contributed by atoms with Gasteiger partial charge in [-0.15, -0.1) is 0 Å². The highest BCUT2D eigenvalue weighted by atomic mass is 35.5. The maximum atomic E-state index is 14.1. The summed E-state index contributed by atoms with van der Waals surface area (Å²) in [5, 5.41) is 0.383. The topological polar surface area (TPSA) is 47.3 Å². The van der Waals surface area contributed by atoms with Crippen LogP contribution in [0.4, 0.5) is 4.39 Å². The summed E-state index contributed by atoms with van der Waals surface area (Å²) in [6.45, 7) is 2.54. The van der Waals surface area contributed by atoms with E-state index in [0.29, 0.717) is 17.2 Å². The number of rotatable bonds is 5. The molecule has 0 saturated heterocycles. The van der Waals surface area contributed by atoms with Gasteiger partial charge in [0.15, 0.2) is 0 Å². The summed E-state index contributed by atoms with van der Waals surface area (Å²) in [5.74, 6) is 5.33. The molecule has 0 spiro atoms. The molecule has 5 heteroatoms. The highest BCUT2D eigenvalue weighted by Crippen LogP contribution is 2.43. The lowest BCUT2D eigenvalue weighted by atomic mass is 9.87. The molecule has 1 atom stereocenters. The predicted molar refractivity (Wildman–Crippen MR) is 74.3 cm³/mol. The van der Waals surface area contributed by atoms with E-state index in [-0.39, 0.29) is 11.9 Å². The van der Waals surface area contributed by atoms with Crippen molar-refractivity contribution in [3.63, 3.8) is 0 Å². The average molecular weight is 287 g/mol. The zero-order valence-corrected chi connectivity index (χ0v) is 11.8. The van der Waals surface area contributed by atoms with Crippen molar-refractivity contribution in [3.05, 3.63) is 34.6 Å². The van der Waals surface area contributed by atoms with Crippen molar-refractivity contribution in [1.29, 1.82) is 0 Å². The Labute approximate surface area is 118 Å². The van der Waals surface area contributed by atoms with Gasteiger partial charge in [-0.1, -0.05) is 30.5 Å². The summed E-state index contributed by atoms with van der Waals surface area (Å²) in [6.07, 6.45) is 3.93. The smallest absolute Gasteiger partial charge is 0.129 e. The molecule has 0 aliphatic heterocycles. The highest BCUT2D eigenvalue weighted by molar-refractivity contribution is 6.30. The summed E-state index contributed by atoms with van der Waals surface area (Å²) in [7, 11) is 0. The van der Waals surface area contributed by atoms with E-state index in [0.717, 1.165) is 25.7 Å². The Morgan fingerprint density at radius 2 is 2.16 bits per heavy atom. The number of hydrazine groups is 1. The number of nitrogens with two attached hydrogens (primary N) is 1. The van der Waals surface area contributed by atoms with Crippen LogP contribution in [0.15, 0.2) is 18.2 Å². The van der Waals surface area contributed by atoms with E-state index in [1.807, 2.05) is 6.92 Å². The molecule has 0 radical (unpaired) electrons. The molecule has 1 aromatic rings. The second-order valence-corrected chi connectivity index (χ2v) is 5.41. The van der Waals surface area contributed by atoms with Gasteiger partial charge in [0, 0.05) is 17.2 Å². The van der Waals surface area contributed by atoms with Crippen LogP contribution in [-0.2, 0) is 4.74 Å². The maximum Gasteiger partial charge on any atom is 0.129 e. The monoisotopic (exact) mass is 286 g/mol. The SMILES string of the molecule is CCOC1(C(NN)c2ccc(Cl)cc2F)CCCC1. The highest BCUT2D eigenvalue weighted by Gasteiger charge is 2.43. The molecule has 1 unspecified atom stereocenters. The van der Waals surface area contributed by atoms with Crippen LogP contribution in [0.1, 0.15) is 44.2 Å². The van der Waals surface area contributed by atoms with Crippen molar-refractivity contribution in [3.8, 4) is 0 Å². The number of ether oxygens (including phenoxy) is 1. The summed E-state index contributed by atoms with van der Waals surface area (Å²) >= 11 is 5.80. The van der Waals surface area contributed by atoms with Crippen molar-refractivity contribution in [2.45, 2.75) is 44.2 Å². The largest absolute Gasteiger partial charge is 0.373 e. The first-order chi connectivity index (χ1) is 9.13. The van der Waals surface area contributed by atoms with E-state index >= 15 is 0 Å². The minimum Gasteiger partial charge on any atom is -0.373 e. The number of halogens is 2. The molecule has 2 rings (SSSR count). The number of benzene rings is 1. The minimum atomic E-state index is -0.418. The van der Waals surface area contributed by atoms with Crippen LogP contribution in [0, 0.1) is 5.82 Å². The van der Waals surface area contributed by atoms with Crippen molar-refractivity contribution in [1.82, 2.24) is 5.43 Å². The van der Waals surface area contributed by atoms with Gasteiger partial charge in [-0.25, -0.2) is 9.82 Å². The first-order valence-corrected chi connectivity index (χ1v) is 7.06. The van der Waals surface area contributed by atoms with E-state index in [2.05, 4.69) is 5.43 Å². The quantitative estimate of drug-likeness (QED) is 0.645. The second kappa shape index (κ2) is 6.18. The predicted octanol–water partition coefficient (Wildman–Crippen LogP) is 3.33. The van der Waals surface area contributed by atoms with Crippen molar-refractivity contribution >= 4 is 11.6 Å². The van der Waals surface area contributed by atoms with Crippen LogP contribution < -0.4 is 11.3 Å². The summed E-state index contributed by atoms with van der Waals surface area (Å²) in [5.41, 5.74) is 2.84. The Hall–Kier alpha value is -0.680. The third-order valence-electron chi connectivity index (χ3n) is 3.85. The zero-order valence-electron chi connectivity index (χ0n) is 11.1. The van der Waals surface area contributed by atoms with Crippen LogP contribution in [-0.4, -0.2) is 12.2 Å². The molecule has 1 aliphatic rings. The van der Waals surface area contributed by atoms with Gasteiger partial charge in [0.2, 0.25) is 0 Å². The van der Waals surface area contributed by atoms with E-state index in [1.54, 1.807) is 12.1 Å². The molecule has 106 valence electrons. The van der Waals surface area contributed by atoms with Gasteiger partial charge < -0.3 is 4.74 Å². The van der Waals surface area contributed by atoms with Gasteiger partial charge in [0.25, 0.3) is 0 Å². The van der Waals surface area contributed by atoms with Crippen LogP contribution in [0.25, 0.3) is 0 Å². The van der Waals surface area contributed by atoms with E-state index in [9.17, 15) is 4.39 Å². The summed E-state index contributed by atoms with van der Waals surface area (Å²) in [6, 6.07) is 4.32. The normalized spacial score (nSPS) is 19.6. The molecule has 0 bridgehead atoms. The minimum absolute atomic E-state index is 0.346. The van der Waals surface area contributed by atoms with Gasteiger partial charge in [0.1, 0.15) is 5.82 Å². The lowest BCUT2D eigenvalue weighted by molar-refractivity contribution is -0.0634. The zero-order chi connectivity index (χ0) is 13.9. The van der Waals surface area contributed by atoms with Gasteiger partial charge in [-0.2, -0.15) is 0 Å².